The number of benzene rings is 2. The van der Waals surface area contributed by atoms with E-state index in [0.717, 1.165) is 16.9 Å². The fourth-order valence-electron chi connectivity index (χ4n) is 2.41. The van der Waals surface area contributed by atoms with Crippen LogP contribution in [0.2, 0.25) is 10.0 Å². The van der Waals surface area contributed by atoms with Crippen molar-refractivity contribution in [2.45, 2.75) is 19.3 Å². The quantitative estimate of drug-likeness (QED) is 0.820. The summed E-state index contributed by atoms with van der Waals surface area (Å²) in [6, 6.07) is 10.8. The fourth-order valence-corrected chi connectivity index (χ4v) is 2.79. The van der Waals surface area contributed by atoms with E-state index in [1.165, 1.54) is 0 Å². The fraction of sp³-hybridized carbons (Fsp3) is 0.294. The molecule has 3 nitrogen and oxygen atoms in total. The molecule has 22 heavy (non-hydrogen) atoms. The molecule has 1 unspecified atom stereocenters. The van der Waals surface area contributed by atoms with Crippen LogP contribution in [0.15, 0.2) is 36.4 Å². The summed E-state index contributed by atoms with van der Waals surface area (Å²) in [5.41, 5.74) is 7.94. The molecule has 0 amide bonds. The highest BCUT2D eigenvalue weighted by Gasteiger charge is 2.17. The normalized spacial score (nSPS) is 12.2. The Morgan fingerprint density at radius 3 is 2.59 bits per heavy atom. The van der Waals surface area contributed by atoms with E-state index in [0.29, 0.717) is 29.6 Å². The van der Waals surface area contributed by atoms with Gasteiger partial charge in [-0.1, -0.05) is 29.3 Å². The van der Waals surface area contributed by atoms with E-state index >= 15 is 0 Å². The molecule has 0 aliphatic rings. The molecule has 0 aromatic heterocycles. The van der Waals surface area contributed by atoms with E-state index in [4.69, 9.17) is 33.7 Å². The number of hydrogen-bond acceptors (Lipinski definition) is 3. The molecule has 1 atom stereocenters. The van der Waals surface area contributed by atoms with Crippen LogP contribution >= 0.6 is 23.2 Å². The van der Waals surface area contributed by atoms with Crippen LogP contribution in [0, 0.1) is 0 Å². The van der Waals surface area contributed by atoms with Gasteiger partial charge in [-0.3, -0.25) is 0 Å². The molecule has 0 aliphatic carbocycles. The summed E-state index contributed by atoms with van der Waals surface area (Å²) in [4.78, 5) is 0. The average Bonchev–Trinajstić information content (AvgIpc) is 2.50. The zero-order valence-electron chi connectivity index (χ0n) is 12.4. The molecule has 118 valence electrons. The third-order valence-electron chi connectivity index (χ3n) is 3.49. The Morgan fingerprint density at radius 1 is 1.18 bits per heavy atom. The summed E-state index contributed by atoms with van der Waals surface area (Å²) >= 11 is 12.1. The topological polar surface area (TPSA) is 55.5 Å². The predicted octanol–water partition coefficient (Wildman–Crippen LogP) is 4.38. The summed E-state index contributed by atoms with van der Waals surface area (Å²) in [6.07, 6.45) is 0.691. The van der Waals surface area contributed by atoms with Gasteiger partial charge in [0.05, 0.1) is 11.6 Å². The van der Waals surface area contributed by atoms with Crippen molar-refractivity contribution in [3.05, 3.63) is 57.6 Å². The summed E-state index contributed by atoms with van der Waals surface area (Å²) in [5.74, 6) is 0.931. The monoisotopic (exact) mass is 339 g/mol. The minimum absolute atomic E-state index is 0.0564. The van der Waals surface area contributed by atoms with Gasteiger partial charge < -0.3 is 15.6 Å². The first-order valence-electron chi connectivity index (χ1n) is 7.14. The third kappa shape index (κ3) is 4.07. The summed E-state index contributed by atoms with van der Waals surface area (Å²) in [7, 11) is 0. The van der Waals surface area contributed by atoms with Gasteiger partial charge >= 0.3 is 0 Å². The zero-order valence-corrected chi connectivity index (χ0v) is 13.9. The van der Waals surface area contributed by atoms with Gasteiger partial charge in [-0.2, -0.15) is 0 Å². The zero-order chi connectivity index (χ0) is 16.1. The Balaban J connectivity index is 2.31. The van der Waals surface area contributed by atoms with Crippen molar-refractivity contribution < 1.29 is 9.84 Å². The second-order valence-electron chi connectivity index (χ2n) is 5.04. The van der Waals surface area contributed by atoms with Crippen LogP contribution in [0.5, 0.6) is 11.5 Å². The second-order valence-corrected chi connectivity index (χ2v) is 5.88. The van der Waals surface area contributed by atoms with Crippen LogP contribution in [0.4, 0.5) is 0 Å². The smallest absolute Gasteiger partial charge is 0.134 e. The van der Waals surface area contributed by atoms with Gasteiger partial charge in [-0.25, -0.2) is 0 Å². The highest BCUT2D eigenvalue weighted by molar-refractivity contribution is 6.32. The van der Waals surface area contributed by atoms with Crippen molar-refractivity contribution in [3.8, 4) is 11.5 Å². The lowest BCUT2D eigenvalue weighted by Crippen LogP contribution is -2.16. The average molecular weight is 340 g/mol. The Kier molecular flexibility index (Phi) is 5.95. The number of hydrogen-bond donors (Lipinski definition) is 2. The first-order chi connectivity index (χ1) is 10.5. The summed E-state index contributed by atoms with van der Waals surface area (Å²) in [5, 5.41) is 10.5. The maximum absolute atomic E-state index is 9.51. The van der Waals surface area contributed by atoms with Crippen LogP contribution in [0.25, 0.3) is 0 Å². The molecule has 0 aliphatic heterocycles. The minimum atomic E-state index is 0.0564. The molecule has 2 rings (SSSR count). The first kappa shape index (κ1) is 16.9. The number of nitrogens with two attached hydrogens (primary N) is 1. The molecule has 2 aromatic rings. The van der Waals surface area contributed by atoms with E-state index < -0.39 is 0 Å². The van der Waals surface area contributed by atoms with E-state index in [1.807, 2.05) is 25.1 Å². The van der Waals surface area contributed by atoms with Crippen molar-refractivity contribution in [2.24, 2.45) is 5.73 Å². The highest BCUT2D eigenvalue weighted by Crippen LogP contribution is 2.33. The van der Waals surface area contributed by atoms with Crippen LogP contribution in [0.1, 0.15) is 24.0 Å². The lowest BCUT2D eigenvalue weighted by molar-refractivity contribution is 0.334. The SMILES string of the molecule is CCOc1ccc(Cl)cc1C(CN)Cc1ccc(O)c(Cl)c1. The Labute approximate surface area is 140 Å². The van der Waals surface area contributed by atoms with Gasteiger partial charge in [0, 0.05) is 16.5 Å². The first-order valence-corrected chi connectivity index (χ1v) is 7.90. The van der Waals surface area contributed by atoms with Crippen LogP contribution in [-0.4, -0.2) is 18.3 Å². The number of halogens is 2. The lowest BCUT2D eigenvalue weighted by atomic mass is 9.91. The number of rotatable bonds is 6. The van der Waals surface area contributed by atoms with Gasteiger partial charge in [0.2, 0.25) is 0 Å². The number of aromatic hydroxyl groups is 1. The molecule has 0 saturated heterocycles. The summed E-state index contributed by atoms with van der Waals surface area (Å²) in [6.45, 7) is 2.98. The molecule has 3 N–H and O–H groups in total. The van der Waals surface area contributed by atoms with Crippen molar-refractivity contribution in [2.75, 3.05) is 13.2 Å². The lowest BCUT2D eigenvalue weighted by Gasteiger charge is -2.19. The van der Waals surface area contributed by atoms with Gasteiger partial charge in [-0.05, 0) is 55.8 Å². The number of ether oxygens (including phenoxy) is 1. The van der Waals surface area contributed by atoms with Crippen molar-refractivity contribution in [1.82, 2.24) is 0 Å². The molecule has 2 aromatic carbocycles. The van der Waals surface area contributed by atoms with E-state index in [1.54, 1.807) is 18.2 Å². The second kappa shape index (κ2) is 7.73. The van der Waals surface area contributed by atoms with Gasteiger partial charge in [-0.15, -0.1) is 0 Å². The molecule has 0 radical (unpaired) electrons. The van der Waals surface area contributed by atoms with Crippen LogP contribution in [0.3, 0.4) is 0 Å². The maximum Gasteiger partial charge on any atom is 0.134 e. The van der Waals surface area contributed by atoms with Gasteiger partial charge in [0.15, 0.2) is 0 Å². The standard InChI is InChI=1S/C17H19Cl2NO2/c1-2-22-17-6-4-13(18)9-14(17)12(10-20)7-11-3-5-16(21)15(19)8-11/h3-6,8-9,12,21H,2,7,10,20H2,1H3. The van der Waals surface area contributed by atoms with Gasteiger partial charge in [0.25, 0.3) is 0 Å². The largest absolute Gasteiger partial charge is 0.506 e. The van der Waals surface area contributed by atoms with Crippen molar-refractivity contribution in [3.63, 3.8) is 0 Å². The predicted molar refractivity (Wildman–Crippen MR) is 91.2 cm³/mol. The Bertz CT molecular complexity index is 647. The molecule has 5 heteroatoms. The van der Waals surface area contributed by atoms with Crippen LogP contribution < -0.4 is 10.5 Å². The third-order valence-corrected chi connectivity index (χ3v) is 4.03. The van der Waals surface area contributed by atoms with Crippen LogP contribution in [-0.2, 0) is 6.42 Å². The number of phenols is 1. The maximum atomic E-state index is 9.51. The molecule has 0 heterocycles. The molecule has 0 spiro atoms. The highest BCUT2D eigenvalue weighted by atomic mass is 35.5. The number of phenolic OH excluding ortho intramolecular Hbond substituents is 1. The van der Waals surface area contributed by atoms with Crippen molar-refractivity contribution in [1.29, 1.82) is 0 Å². The van der Waals surface area contributed by atoms with E-state index in [-0.39, 0.29) is 11.7 Å². The summed E-state index contributed by atoms with van der Waals surface area (Å²) < 4.78 is 5.68. The molecule has 0 bridgehead atoms. The molecular formula is C17H19Cl2NO2. The molecule has 0 saturated carbocycles. The molecule has 0 fully saturated rings. The minimum Gasteiger partial charge on any atom is -0.506 e. The van der Waals surface area contributed by atoms with Crippen molar-refractivity contribution >= 4 is 23.2 Å². The van der Waals surface area contributed by atoms with E-state index in [9.17, 15) is 5.11 Å². The van der Waals surface area contributed by atoms with E-state index in [2.05, 4.69) is 0 Å². The molecular weight excluding hydrogens is 321 g/mol. The van der Waals surface area contributed by atoms with Gasteiger partial charge in [0.1, 0.15) is 11.5 Å². The Morgan fingerprint density at radius 2 is 1.95 bits per heavy atom. The Hall–Kier alpha value is -1.42.